The molecule has 10 nitrogen and oxygen atoms in total. The van der Waals surface area contributed by atoms with Crippen molar-refractivity contribution in [1.29, 1.82) is 0 Å². The predicted octanol–water partition coefficient (Wildman–Crippen LogP) is 1.96. The molecule has 3 rings (SSSR count). The predicted molar refractivity (Wildman–Crippen MR) is 102 cm³/mol. The molecular formula is C16H18ClN3O7S2. The van der Waals surface area contributed by atoms with Gasteiger partial charge in [0, 0.05) is 12.7 Å². The highest BCUT2D eigenvalue weighted by atomic mass is 35.5. The highest BCUT2D eigenvalue weighted by Gasteiger charge is 2.41. The zero-order valence-corrected chi connectivity index (χ0v) is 17.3. The lowest BCUT2D eigenvalue weighted by atomic mass is 10.1. The quantitative estimate of drug-likeness (QED) is 0.436. The number of amides is 1. The van der Waals surface area contributed by atoms with Crippen LogP contribution in [0.15, 0.2) is 35.4 Å². The third kappa shape index (κ3) is 5.15. The largest absolute Gasteiger partial charge is 0.488 e. The van der Waals surface area contributed by atoms with Gasteiger partial charge >= 0.3 is 6.09 Å². The first-order valence-corrected chi connectivity index (χ1v) is 11.1. The second-order valence-corrected chi connectivity index (χ2v) is 9.66. The van der Waals surface area contributed by atoms with Crippen LogP contribution in [0.1, 0.15) is 17.7 Å². The maximum atomic E-state index is 13.0. The van der Waals surface area contributed by atoms with Gasteiger partial charge in [-0.25, -0.2) is 23.7 Å². The highest BCUT2D eigenvalue weighted by Crippen LogP contribution is 2.28. The van der Waals surface area contributed by atoms with E-state index in [9.17, 15) is 18.3 Å². The van der Waals surface area contributed by atoms with E-state index in [0.29, 0.717) is 16.6 Å². The van der Waals surface area contributed by atoms with Crippen LogP contribution >= 0.6 is 22.9 Å². The van der Waals surface area contributed by atoms with Crippen LogP contribution in [-0.4, -0.2) is 53.0 Å². The first-order valence-electron chi connectivity index (χ1n) is 8.45. The minimum atomic E-state index is -4.07. The molecule has 0 bridgehead atoms. The summed E-state index contributed by atoms with van der Waals surface area (Å²) in [6, 6.07) is 5.70. The molecule has 1 aliphatic rings. The molecule has 2 aromatic rings. The number of nitrogens with zero attached hydrogens (tertiary/aromatic N) is 2. The van der Waals surface area contributed by atoms with Crippen molar-refractivity contribution in [3.63, 3.8) is 0 Å². The van der Waals surface area contributed by atoms with Crippen molar-refractivity contribution >= 4 is 39.1 Å². The number of piperidine rings is 1. The van der Waals surface area contributed by atoms with E-state index in [0.717, 1.165) is 9.18 Å². The molecule has 13 heteroatoms. The van der Waals surface area contributed by atoms with Gasteiger partial charge in [0.2, 0.25) is 10.0 Å². The topological polar surface area (TPSA) is 138 Å². The Bertz CT molecular complexity index is 952. The molecule has 1 fully saturated rings. The summed E-state index contributed by atoms with van der Waals surface area (Å²) >= 11 is 7.04. The molecule has 0 aliphatic carbocycles. The summed E-state index contributed by atoms with van der Waals surface area (Å²) in [5, 5.41) is 18.7. The minimum absolute atomic E-state index is 0.0488. The highest BCUT2D eigenvalue weighted by molar-refractivity contribution is 7.89. The van der Waals surface area contributed by atoms with E-state index in [4.69, 9.17) is 26.3 Å². The summed E-state index contributed by atoms with van der Waals surface area (Å²) in [5.41, 5.74) is 1.26. The van der Waals surface area contributed by atoms with Gasteiger partial charge in [0.25, 0.3) is 0 Å². The first kappa shape index (κ1) is 21.7. The van der Waals surface area contributed by atoms with Crippen LogP contribution in [0.25, 0.3) is 0 Å². The Morgan fingerprint density at radius 3 is 2.72 bits per heavy atom. The Balaban J connectivity index is 1.74. The number of aliphatic hydroxyl groups excluding tert-OH is 1. The molecule has 0 radical (unpaired) electrons. The second kappa shape index (κ2) is 9.24. The number of ether oxygens (including phenoxy) is 2. The lowest BCUT2D eigenvalue weighted by molar-refractivity contribution is -0.0837. The Morgan fingerprint density at radius 2 is 2.10 bits per heavy atom. The summed E-state index contributed by atoms with van der Waals surface area (Å²) in [4.78, 5) is 16.0. The summed E-state index contributed by atoms with van der Waals surface area (Å²) in [6.07, 6.45) is -1.69. The zero-order valence-electron chi connectivity index (χ0n) is 14.9. The van der Waals surface area contributed by atoms with Gasteiger partial charge in [-0.05, 0) is 37.1 Å². The molecular weight excluding hydrogens is 446 g/mol. The van der Waals surface area contributed by atoms with Crippen molar-refractivity contribution in [1.82, 2.24) is 14.8 Å². The number of nitrogens with one attached hydrogen (secondary N) is 1. The lowest BCUT2D eigenvalue weighted by Crippen LogP contribution is -2.53. The monoisotopic (exact) mass is 463 g/mol. The molecule has 1 aromatic carbocycles. The fourth-order valence-corrected chi connectivity index (χ4v) is 5.26. The van der Waals surface area contributed by atoms with E-state index >= 15 is 0 Å². The zero-order chi connectivity index (χ0) is 21.0. The Hall–Kier alpha value is -1.96. The summed E-state index contributed by atoms with van der Waals surface area (Å²) in [7, 11) is -4.07. The molecule has 2 heterocycles. The molecule has 3 N–H and O–H groups in total. The van der Waals surface area contributed by atoms with Gasteiger partial charge in [0.05, 0.1) is 9.77 Å². The van der Waals surface area contributed by atoms with Gasteiger partial charge < -0.3 is 14.6 Å². The number of hydrogen-bond donors (Lipinski definition) is 3. The van der Waals surface area contributed by atoms with Gasteiger partial charge in [-0.2, -0.15) is 4.31 Å². The van der Waals surface area contributed by atoms with Crippen molar-refractivity contribution in [3.05, 3.63) is 39.8 Å². The lowest BCUT2D eigenvalue weighted by Gasteiger charge is -2.36. The van der Waals surface area contributed by atoms with Gasteiger partial charge in [0.15, 0.2) is 10.7 Å². The van der Waals surface area contributed by atoms with Crippen molar-refractivity contribution in [3.8, 4) is 5.75 Å². The fraction of sp³-hybridized carbons (Fsp3) is 0.375. The SMILES string of the molecule is O=C(NO)O[C@@H]1[C@@H](O)CCCN1S(=O)(=O)c1ccc(OCc2cnc(Cl)s2)cc1. The smallest absolute Gasteiger partial charge is 0.432 e. The third-order valence-corrected chi connectivity index (χ3v) is 7.11. The molecule has 1 saturated heterocycles. The van der Waals surface area contributed by atoms with Gasteiger partial charge in [-0.15, -0.1) is 11.3 Å². The number of sulfonamides is 1. The maximum Gasteiger partial charge on any atom is 0.432 e. The number of hydroxylamine groups is 1. The summed E-state index contributed by atoms with van der Waals surface area (Å²) in [5.74, 6) is 0.444. The van der Waals surface area contributed by atoms with Crippen LogP contribution in [-0.2, 0) is 21.4 Å². The molecule has 1 aromatic heterocycles. The average Bonchev–Trinajstić information content (AvgIpc) is 3.13. The standard InChI is InChI=1S/C16H18ClN3O7S2/c17-15-18-8-11(28-15)9-26-10-3-5-12(6-4-10)29(24,25)20-7-1-2-13(21)14(20)27-16(22)19-23/h3-6,8,13-14,21,23H,1-2,7,9H2,(H,19,22)/t13-,14+/m0/s1. The molecule has 1 amide bonds. The van der Waals surface area contributed by atoms with Gasteiger partial charge in [-0.3, -0.25) is 5.21 Å². The number of thiazole rings is 1. The van der Waals surface area contributed by atoms with Crippen molar-refractivity contribution in [2.75, 3.05) is 6.54 Å². The molecule has 2 atom stereocenters. The number of halogens is 1. The molecule has 0 unspecified atom stereocenters. The number of benzene rings is 1. The van der Waals surface area contributed by atoms with E-state index in [-0.39, 0.29) is 24.5 Å². The van der Waals surface area contributed by atoms with E-state index in [1.54, 1.807) is 6.20 Å². The second-order valence-electron chi connectivity index (χ2n) is 6.07. The van der Waals surface area contributed by atoms with Crippen molar-refractivity contribution in [2.24, 2.45) is 0 Å². The summed E-state index contributed by atoms with van der Waals surface area (Å²) in [6.45, 7) is 0.286. The van der Waals surface area contributed by atoms with Crippen LogP contribution in [0.2, 0.25) is 4.47 Å². The van der Waals surface area contributed by atoms with Crippen LogP contribution in [0.4, 0.5) is 4.79 Å². The first-order chi connectivity index (χ1) is 13.8. The number of rotatable bonds is 6. The van der Waals surface area contributed by atoms with Crippen LogP contribution in [0.3, 0.4) is 0 Å². The Morgan fingerprint density at radius 1 is 1.38 bits per heavy atom. The van der Waals surface area contributed by atoms with E-state index in [2.05, 4.69) is 4.98 Å². The van der Waals surface area contributed by atoms with Gasteiger partial charge in [-0.1, -0.05) is 11.6 Å². The Kier molecular flexibility index (Phi) is 6.93. The van der Waals surface area contributed by atoms with Gasteiger partial charge in [0.1, 0.15) is 18.5 Å². The molecule has 29 heavy (non-hydrogen) atoms. The average molecular weight is 464 g/mol. The molecule has 158 valence electrons. The third-order valence-electron chi connectivity index (χ3n) is 4.15. The summed E-state index contributed by atoms with van der Waals surface area (Å²) < 4.78 is 37.7. The normalized spacial score (nSPS) is 20.2. The minimum Gasteiger partial charge on any atom is -0.488 e. The molecule has 1 aliphatic heterocycles. The maximum absolute atomic E-state index is 13.0. The number of aliphatic hydroxyl groups is 1. The number of carbonyl (C=O) groups excluding carboxylic acids is 1. The van der Waals surface area contributed by atoms with E-state index < -0.39 is 28.4 Å². The van der Waals surface area contributed by atoms with Crippen LogP contribution < -0.4 is 10.2 Å². The Labute approximate surface area is 175 Å². The van der Waals surface area contributed by atoms with Crippen molar-refractivity contribution < 1.29 is 33.0 Å². The van der Waals surface area contributed by atoms with Crippen LogP contribution in [0.5, 0.6) is 5.75 Å². The van der Waals surface area contributed by atoms with Crippen LogP contribution in [0, 0.1) is 0 Å². The number of carbonyl (C=O) groups is 1. The van der Waals surface area contributed by atoms with E-state index in [1.807, 2.05) is 0 Å². The van der Waals surface area contributed by atoms with Crippen molar-refractivity contribution in [2.45, 2.75) is 36.7 Å². The number of hydrogen-bond acceptors (Lipinski definition) is 9. The van der Waals surface area contributed by atoms with E-state index in [1.165, 1.54) is 41.1 Å². The molecule has 0 saturated carbocycles. The number of aromatic nitrogens is 1. The fourth-order valence-electron chi connectivity index (χ4n) is 2.80. The molecule has 0 spiro atoms.